The molecule has 2 aromatic carbocycles. The second-order valence-electron chi connectivity index (χ2n) is 18.4. The van der Waals surface area contributed by atoms with Gasteiger partial charge in [0, 0.05) is 37.6 Å². The molecule has 6 rings (SSSR count). The molecular formula is C45H56N2O13S. The van der Waals surface area contributed by atoms with Gasteiger partial charge in [0.1, 0.15) is 23.9 Å². The van der Waals surface area contributed by atoms with Crippen molar-refractivity contribution in [1.82, 2.24) is 10.6 Å². The van der Waals surface area contributed by atoms with E-state index < -0.39 is 112 Å². The lowest BCUT2D eigenvalue weighted by Gasteiger charge is -2.67. The molecule has 1 aliphatic heterocycles. The van der Waals surface area contributed by atoms with E-state index in [2.05, 4.69) is 10.6 Å². The summed E-state index contributed by atoms with van der Waals surface area (Å²) in [4.78, 5) is 70.0. The van der Waals surface area contributed by atoms with E-state index in [1.807, 2.05) is 20.8 Å². The van der Waals surface area contributed by atoms with Crippen molar-refractivity contribution in [1.29, 1.82) is 0 Å². The van der Waals surface area contributed by atoms with Gasteiger partial charge in [0.25, 0.3) is 0 Å². The number of nitrogens with one attached hydrogen (secondary N) is 2. The molecule has 0 unspecified atom stereocenters. The normalized spacial score (nSPS) is 32.5. The van der Waals surface area contributed by atoms with Gasteiger partial charge in [-0.15, -0.1) is 0 Å². The maximum atomic E-state index is 15.5. The Hall–Kier alpha value is -4.74. The molecule has 61 heavy (non-hydrogen) atoms. The first-order valence-corrected chi connectivity index (χ1v) is 20.7. The number of carbonyl (C=O) groups is 5. The second kappa shape index (κ2) is 16.5. The number of aliphatic hydroxyl groups is 3. The molecule has 3 aliphatic carbocycles. The van der Waals surface area contributed by atoms with Crippen molar-refractivity contribution in [3.63, 3.8) is 0 Å². The van der Waals surface area contributed by atoms with Crippen LogP contribution in [0.5, 0.6) is 0 Å². The minimum atomic E-state index is -2.35. The molecular weight excluding hydrogens is 809 g/mol. The summed E-state index contributed by atoms with van der Waals surface area (Å²) in [7, 11) is 0. The van der Waals surface area contributed by atoms with E-state index in [9.17, 15) is 34.5 Å². The van der Waals surface area contributed by atoms with E-state index in [1.54, 1.807) is 69.3 Å². The van der Waals surface area contributed by atoms with Crippen molar-refractivity contribution in [3.8, 4) is 0 Å². The van der Waals surface area contributed by atoms with Crippen LogP contribution in [-0.4, -0.2) is 110 Å². The molecule has 5 N–H and O–H groups in total. The smallest absolute Gasteiger partial charge is 0.338 e. The molecule has 4 aliphatic rings. The fourth-order valence-electron chi connectivity index (χ4n) is 9.89. The maximum absolute atomic E-state index is 15.5. The number of rotatable bonds is 9. The Kier molecular flexibility index (Phi) is 12.4. The summed E-state index contributed by atoms with van der Waals surface area (Å²) >= 11 is 5.55. The van der Waals surface area contributed by atoms with Crippen molar-refractivity contribution in [3.05, 3.63) is 82.9 Å². The Balaban J connectivity index is 1.54. The van der Waals surface area contributed by atoms with Crippen molar-refractivity contribution >= 4 is 47.0 Å². The molecule has 330 valence electrons. The van der Waals surface area contributed by atoms with Crippen molar-refractivity contribution < 1.29 is 63.0 Å². The summed E-state index contributed by atoms with van der Waals surface area (Å²) in [6.45, 7) is 13.8. The lowest BCUT2D eigenvalue weighted by Crippen LogP contribution is -2.82. The molecule has 0 aromatic heterocycles. The van der Waals surface area contributed by atoms with Crippen LogP contribution in [0, 0.1) is 16.7 Å². The van der Waals surface area contributed by atoms with Gasteiger partial charge in [-0.2, -0.15) is 0 Å². The van der Waals surface area contributed by atoms with Crippen LogP contribution in [-0.2, 0) is 42.9 Å². The van der Waals surface area contributed by atoms with Gasteiger partial charge in [-0.1, -0.05) is 62.4 Å². The zero-order chi connectivity index (χ0) is 45.0. The molecule has 11 atom stereocenters. The zero-order valence-electron chi connectivity index (χ0n) is 35.8. The van der Waals surface area contributed by atoms with Crippen LogP contribution in [0.25, 0.3) is 0 Å². The number of ketones is 1. The van der Waals surface area contributed by atoms with Crippen molar-refractivity contribution in [2.45, 2.75) is 135 Å². The largest absolute Gasteiger partial charge is 0.456 e. The highest BCUT2D eigenvalue weighted by atomic mass is 32.1. The summed E-state index contributed by atoms with van der Waals surface area (Å²) in [6.07, 6.45) is -10.2. The number of ether oxygens (including phenoxy) is 5. The third kappa shape index (κ3) is 8.08. The first kappa shape index (κ1) is 45.8. The molecule has 2 saturated carbocycles. The highest BCUT2D eigenvalue weighted by Gasteiger charge is 2.78. The van der Waals surface area contributed by atoms with Gasteiger partial charge in [0.05, 0.1) is 35.6 Å². The summed E-state index contributed by atoms with van der Waals surface area (Å²) in [5.74, 6) is -6.05. The SMILES string of the molecule is CC(=O)O[C@H]1C(=O)[C@@]2(C)[C@H]([C@H](OC(=O)c3ccccc3)[C@]3(O)C[C@H](OC(=O)[C@H](O)[C@@H](NC(=S)NC(C)(C)C)c4ccccc4)C(C)=C1C3(C)C)[C@]1(OC(C)=O)CO[C@@H]1C[C@@H]2O. The fraction of sp³-hybridized carbons (Fsp3) is 0.556. The summed E-state index contributed by atoms with van der Waals surface area (Å²) in [6, 6.07) is 15.4. The molecule has 1 heterocycles. The minimum Gasteiger partial charge on any atom is -0.456 e. The van der Waals surface area contributed by atoms with Gasteiger partial charge in [0.2, 0.25) is 0 Å². The minimum absolute atomic E-state index is 0.0307. The van der Waals surface area contributed by atoms with Crippen molar-refractivity contribution in [2.75, 3.05) is 6.61 Å². The Morgan fingerprint density at radius 2 is 1.54 bits per heavy atom. The van der Waals surface area contributed by atoms with Crippen LogP contribution in [0.3, 0.4) is 0 Å². The topological polar surface area (TPSA) is 216 Å². The molecule has 2 aromatic rings. The van der Waals surface area contributed by atoms with E-state index >= 15 is 4.79 Å². The lowest BCUT2D eigenvalue weighted by atomic mass is 9.44. The molecule has 2 bridgehead atoms. The van der Waals surface area contributed by atoms with E-state index in [0.717, 1.165) is 13.8 Å². The Bertz CT molecular complexity index is 2100. The van der Waals surface area contributed by atoms with Crippen LogP contribution in [0.4, 0.5) is 0 Å². The van der Waals surface area contributed by atoms with E-state index in [4.69, 9.17) is 35.9 Å². The monoisotopic (exact) mass is 864 g/mol. The maximum Gasteiger partial charge on any atom is 0.338 e. The molecule has 0 amide bonds. The standard InChI is InChI=1S/C45H56N2O13S/c1-23-28(58-39(54)33(51)32(26-16-12-10-13-17-26)46-40(61)47-41(4,5)6)21-45(55)37(59-38(53)27-18-14-11-15-19-27)35-43(9,29(50)20-30-44(35,22-56-30)60-25(3)49)36(52)34(57-24(2)48)31(23)42(45,7)8/h10-19,28-30,32-35,37,50-51,55H,20-22H2,1-9H3,(H2,46,47,61)/t28-,29-,30+,32-,33+,34+,35-,37-,43+,44-,45+/m0/s1. The Morgan fingerprint density at radius 3 is 2.08 bits per heavy atom. The number of fused-ring (bicyclic) bond motifs is 5. The van der Waals surface area contributed by atoms with E-state index in [1.165, 1.54) is 19.1 Å². The molecule has 16 heteroatoms. The number of esters is 4. The van der Waals surface area contributed by atoms with Crippen LogP contribution in [0.15, 0.2) is 71.8 Å². The van der Waals surface area contributed by atoms with E-state index in [-0.39, 0.29) is 34.8 Å². The van der Waals surface area contributed by atoms with Crippen molar-refractivity contribution in [2.24, 2.45) is 16.7 Å². The molecule has 15 nitrogen and oxygen atoms in total. The zero-order valence-corrected chi connectivity index (χ0v) is 36.7. The average molecular weight is 865 g/mol. The predicted molar refractivity (Wildman–Crippen MR) is 222 cm³/mol. The van der Waals surface area contributed by atoms with E-state index in [0.29, 0.717) is 5.56 Å². The third-order valence-electron chi connectivity index (χ3n) is 12.9. The van der Waals surface area contributed by atoms with Gasteiger partial charge in [-0.05, 0) is 75.7 Å². The summed E-state index contributed by atoms with van der Waals surface area (Å²) in [5, 5.41) is 43.8. The number of Topliss-reactive ketones (excluding diaryl/α,β-unsaturated/α-hetero) is 1. The second-order valence-corrected chi connectivity index (χ2v) is 18.8. The highest BCUT2D eigenvalue weighted by Crippen LogP contribution is 2.64. The number of benzene rings is 2. The molecule has 0 spiro atoms. The quantitative estimate of drug-likeness (QED) is 0.105. The summed E-state index contributed by atoms with van der Waals surface area (Å²) in [5.41, 5.74) is -7.42. The predicted octanol–water partition coefficient (Wildman–Crippen LogP) is 3.57. The van der Waals surface area contributed by atoms with Gasteiger partial charge >= 0.3 is 23.9 Å². The summed E-state index contributed by atoms with van der Waals surface area (Å²) < 4.78 is 30.4. The fourth-order valence-corrected chi connectivity index (χ4v) is 10.3. The molecule has 3 fully saturated rings. The average Bonchev–Trinajstić information content (AvgIpc) is 3.17. The van der Waals surface area contributed by atoms with Crippen LogP contribution >= 0.6 is 12.2 Å². The molecule has 1 saturated heterocycles. The number of aliphatic hydroxyl groups excluding tert-OH is 2. The first-order valence-electron chi connectivity index (χ1n) is 20.3. The van der Waals surface area contributed by atoms with Gasteiger partial charge in [-0.3, -0.25) is 14.4 Å². The number of thiocarbonyl (C=S) groups is 1. The van der Waals surface area contributed by atoms with Gasteiger partial charge in [-0.25, -0.2) is 9.59 Å². The van der Waals surface area contributed by atoms with Gasteiger partial charge < -0.3 is 49.6 Å². The first-order chi connectivity index (χ1) is 28.4. The third-order valence-corrected chi connectivity index (χ3v) is 13.2. The highest BCUT2D eigenvalue weighted by molar-refractivity contribution is 7.80. The van der Waals surface area contributed by atoms with Crippen LogP contribution in [0.1, 0.15) is 97.1 Å². The van der Waals surface area contributed by atoms with Crippen LogP contribution in [0.2, 0.25) is 0 Å². The number of hydrogen-bond acceptors (Lipinski definition) is 14. The Labute approximate surface area is 360 Å². The lowest BCUT2D eigenvalue weighted by molar-refractivity contribution is -0.346. The number of hydrogen-bond donors (Lipinski definition) is 5. The van der Waals surface area contributed by atoms with Crippen LogP contribution < -0.4 is 10.6 Å². The van der Waals surface area contributed by atoms with Gasteiger partial charge in [0.15, 0.2) is 28.7 Å². The molecule has 0 radical (unpaired) electrons. The Morgan fingerprint density at radius 1 is 0.934 bits per heavy atom. The number of carbonyl (C=O) groups excluding carboxylic acids is 5.